The number of aryl methyl sites for hydroxylation is 2. The monoisotopic (exact) mass is 544 g/mol. The summed E-state index contributed by atoms with van der Waals surface area (Å²) in [6.45, 7) is 5.97. The zero-order chi connectivity index (χ0) is 27.0. The minimum Gasteiger partial charge on any atom is -0.542 e. The minimum absolute atomic E-state index is 0.0654. The van der Waals surface area contributed by atoms with Crippen molar-refractivity contribution in [2.24, 2.45) is 0 Å². The Morgan fingerprint density at radius 3 is 2.00 bits per heavy atom. The van der Waals surface area contributed by atoms with Gasteiger partial charge in [0.2, 0.25) is 5.82 Å². The van der Waals surface area contributed by atoms with E-state index in [0.717, 1.165) is 29.2 Å². The highest BCUT2D eigenvalue weighted by atomic mass is 35.5. The summed E-state index contributed by atoms with van der Waals surface area (Å²) >= 11 is 12.1. The van der Waals surface area contributed by atoms with Crippen molar-refractivity contribution in [3.63, 3.8) is 0 Å². The van der Waals surface area contributed by atoms with Gasteiger partial charge in [-0.25, -0.2) is 0 Å². The van der Waals surface area contributed by atoms with Gasteiger partial charge in [0.25, 0.3) is 5.91 Å². The molecule has 1 amide bonds. The van der Waals surface area contributed by atoms with Gasteiger partial charge in [-0.3, -0.25) is 4.79 Å². The number of aromatic nitrogens is 3. The first-order valence-electron chi connectivity index (χ1n) is 10.8. The maximum Gasteiger partial charge on any atom is 0.430 e. The molecule has 3 rings (SSSR count). The summed E-state index contributed by atoms with van der Waals surface area (Å²) in [7, 11) is 0. The summed E-state index contributed by atoms with van der Waals surface area (Å²) in [6, 6.07) is 15.5. The van der Waals surface area contributed by atoms with Gasteiger partial charge in [0.1, 0.15) is 5.97 Å². The number of hydrogen-bond acceptors (Lipinski definition) is 4. The van der Waals surface area contributed by atoms with Crippen molar-refractivity contribution in [2.45, 2.75) is 51.9 Å². The topological polar surface area (TPSA) is 102 Å². The zero-order valence-corrected chi connectivity index (χ0v) is 21.2. The number of aliphatic carboxylic acids is 1. The number of nitrogens with one attached hydrogen (secondary N) is 2. The first-order valence-corrected chi connectivity index (χ1v) is 11.5. The van der Waals surface area contributed by atoms with Crippen LogP contribution < -0.4 is 15.1 Å². The lowest BCUT2D eigenvalue weighted by Crippen LogP contribution is -2.49. The summed E-state index contributed by atoms with van der Waals surface area (Å²) in [5, 5.41) is 16.4. The van der Waals surface area contributed by atoms with Gasteiger partial charge in [0, 0.05) is 35.9 Å². The molecule has 2 N–H and O–H groups in total. The second-order valence-electron chi connectivity index (χ2n) is 8.07. The van der Waals surface area contributed by atoms with Crippen molar-refractivity contribution in [1.82, 2.24) is 15.4 Å². The van der Waals surface area contributed by atoms with Crippen LogP contribution in [0, 0.1) is 13.8 Å². The van der Waals surface area contributed by atoms with E-state index in [4.69, 9.17) is 33.1 Å². The van der Waals surface area contributed by atoms with E-state index in [1.165, 1.54) is 0 Å². The SMILES string of the molecule is Cc1nc(C)[n+](CC(=O)N[C@H](C)[C@H](Cc2ccc(Cl)cc2)c2ccc(Cl)cc2)[nH]1.O=C([O-])C(F)(F)F. The van der Waals surface area contributed by atoms with Crippen LogP contribution in [-0.4, -0.2) is 34.2 Å². The van der Waals surface area contributed by atoms with Gasteiger partial charge < -0.3 is 15.2 Å². The van der Waals surface area contributed by atoms with Crippen LogP contribution in [0.1, 0.15) is 35.6 Å². The highest BCUT2D eigenvalue weighted by Crippen LogP contribution is 2.26. The lowest BCUT2D eigenvalue weighted by atomic mass is 9.86. The number of carboxylic acids is 1. The molecule has 0 fully saturated rings. The van der Waals surface area contributed by atoms with E-state index in [9.17, 15) is 18.0 Å². The molecular formula is C24H25Cl2F3N4O3. The van der Waals surface area contributed by atoms with E-state index >= 15 is 0 Å². The van der Waals surface area contributed by atoms with Crippen molar-refractivity contribution in [2.75, 3.05) is 0 Å². The number of amides is 1. The smallest absolute Gasteiger partial charge is 0.430 e. The van der Waals surface area contributed by atoms with Crippen LogP contribution in [0.2, 0.25) is 10.0 Å². The molecule has 0 aliphatic rings. The van der Waals surface area contributed by atoms with Crippen molar-refractivity contribution >= 4 is 35.1 Å². The molecule has 0 saturated heterocycles. The molecule has 0 unspecified atom stereocenters. The summed E-state index contributed by atoms with van der Waals surface area (Å²) < 4.78 is 33.3. The number of carbonyl (C=O) groups is 2. The van der Waals surface area contributed by atoms with E-state index in [1.807, 2.05) is 69.3 Å². The van der Waals surface area contributed by atoms with Crippen LogP contribution >= 0.6 is 23.2 Å². The summed E-state index contributed by atoms with van der Waals surface area (Å²) in [6.07, 6.45) is -4.42. The summed E-state index contributed by atoms with van der Waals surface area (Å²) in [5.74, 6) is -1.42. The number of alkyl halides is 3. The van der Waals surface area contributed by atoms with E-state index < -0.39 is 12.1 Å². The fourth-order valence-electron chi connectivity index (χ4n) is 3.47. The average molecular weight is 545 g/mol. The molecule has 3 aromatic rings. The van der Waals surface area contributed by atoms with Crippen molar-refractivity contribution < 1.29 is 32.5 Å². The van der Waals surface area contributed by atoms with E-state index in [0.29, 0.717) is 10.0 Å². The third kappa shape index (κ3) is 9.16. The standard InChI is InChI=1S/C22H24Cl2N4O.C2HF3O2/c1-14(25-22(29)13-28-16(3)26-15(2)27-28)21(18-6-10-20(24)11-7-18)12-17-4-8-19(23)9-5-17;3-2(4,5)1(6)7/h4-11,14,21H,12-13H2,1-3H3,(H,25,29);(H,6,7)/t14-,21+;/m1./s1. The lowest BCUT2D eigenvalue weighted by molar-refractivity contribution is -0.745. The Hall–Kier alpha value is -3.11. The maximum atomic E-state index is 12.7. The average Bonchev–Trinajstić information content (AvgIpc) is 3.10. The molecule has 0 radical (unpaired) electrons. The molecule has 0 bridgehead atoms. The molecule has 2 aromatic carbocycles. The van der Waals surface area contributed by atoms with E-state index in [2.05, 4.69) is 15.4 Å². The van der Waals surface area contributed by atoms with E-state index in [1.54, 1.807) is 4.68 Å². The second kappa shape index (κ2) is 12.7. The number of halogens is 5. The molecule has 0 aliphatic carbocycles. The van der Waals surface area contributed by atoms with Crippen LogP contribution in [-0.2, 0) is 22.6 Å². The predicted molar refractivity (Wildman–Crippen MR) is 126 cm³/mol. The van der Waals surface area contributed by atoms with Crippen molar-refractivity contribution in [3.05, 3.63) is 81.4 Å². The maximum absolute atomic E-state index is 12.7. The molecule has 2 atom stereocenters. The molecule has 1 aromatic heterocycles. The van der Waals surface area contributed by atoms with Gasteiger partial charge in [-0.1, -0.05) is 47.5 Å². The van der Waals surface area contributed by atoms with Crippen molar-refractivity contribution in [3.8, 4) is 0 Å². The Labute approximate surface area is 216 Å². The zero-order valence-electron chi connectivity index (χ0n) is 19.7. The fraction of sp³-hybridized carbons (Fsp3) is 0.333. The van der Waals surface area contributed by atoms with Gasteiger partial charge in [-0.2, -0.15) is 18.3 Å². The second-order valence-corrected chi connectivity index (χ2v) is 8.95. The largest absolute Gasteiger partial charge is 0.542 e. The van der Waals surface area contributed by atoms with Crippen LogP contribution in [0.3, 0.4) is 0 Å². The molecule has 36 heavy (non-hydrogen) atoms. The van der Waals surface area contributed by atoms with Gasteiger partial charge in [0.15, 0.2) is 6.54 Å². The first kappa shape index (κ1) is 29.1. The van der Waals surface area contributed by atoms with Crippen LogP contribution in [0.5, 0.6) is 0 Å². The third-order valence-corrected chi connectivity index (χ3v) is 5.71. The van der Waals surface area contributed by atoms with Crippen molar-refractivity contribution in [1.29, 1.82) is 0 Å². The molecule has 194 valence electrons. The minimum atomic E-state index is -5.19. The number of carbonyl (C=O) groups excluding carboxylic acids is 2. The first-order chi connectivity index (χ1) is 16.8. The van der Waals surface area contributed by atoms with E-state index in [-0.39, 0.29) is 24.4 Å². The van der Waals surface area contributed by atoms with Crippen LogP contribution in [0.15, 0.2) is 48.5 Å². The molecule has 1 heterocycles. The normalized spacial score (nSPS) is 12.8. The molecular weight excluding hydrogens is 520 g/mol. The number of nitrogens with zero attached hydrogens (tertiary/aromatic N) is 2. The van der Waals surface area contributed by atoms with Gasteiger partial charge in [-0.05, 0) is 53.7 Å². The Morgan fingerprint density at radius 1 is 1.06 bits per heavy atom. The summed E-state index contributed by atoms with van der Waals surface area (Å²) in [5.41, 5.74) is 2.28. The predicted octanol–water partition coefficient (Wildman–Crippen LogP) is 3.45. The number of rotatable bonds is 7. The highest BCUT2D eigenvalue weighted by Gasteiger charge is 2.29. The van der Waals surface area contributed by atoms with Crippen LogP contribution in [0.25, 0.3) is 0 Å². The number of H-pyrrole nitrogens is 1. The summed E-state index contributed by atoms with van der Waals surface area (Å²) in [4.78, 5) is 25.7. The van der Waals surface area contributed by atoms with Gasteiger partial charge in [-0.15, -0.1) is 4.68 Å². The number of aromatic amines is 1. The number of carboxylic acid groups (broad SMARTS) is 1. The Morgan fingerprint density at radius 2 is 1.56 bits per heavy atom. The quantitative estimate of drug-likeness (QED) is 0.444. The third-order valence-electron chi connectivity index (χ3n) is 5.21. The van der Waals surface area contributed by atoms with Crippen LogP contribution in [0.4, 0.5) is 13.2 Å². The lowest BCUT2D eigenvalue weighted by Gasteiger charge is -2.25. The fourth-order valence-corrected chi connectivity index (χ4v) is 3.72. The number of hydrogen-bond donors (Lipinski definition) is 2. The Bertz CT molecular complexity index is 1170. The Kier molecular flexibility index (Phi) is 10.3. The molecule has 7 nitrogen and oxygen atoms in total. The molecule has 0 saturated carbocycles. The number of benzene rings is 2. The highest BCUT2D eigenvalue weighted by molar-refractivity contribution is 6.30. The Balaban J connectivity index is 0.000000572. The van der Waals surface area contributed by atoms with Gasteiger partial charge >= 0.3 is 12.0 Å². The molecule has 12 heteroatoms. The molecule has 0 aliphatic heterocycles. The molecule has 0 spiro atoms. The van der Waals surface area contributed by atoms with Gasteiger partial charge in [0.05, 0.1) is 0 Å².